The van der Waals surface area contributed by atoms with Gasteiger partial charge in [0.1, 0.15) is 12.4 Å². The summed E-state index contributed by atoms with van der Waals surface area (Å²) in [7, 11) is 1.58. The van der Waals surface area contributed by atoms with E-state index in [1.54, 1.807) is 19.2 Å². The van der Waals surface area contributed by atoms with E-state index in [0.717, 1.165) is 31.4 Å². The van der Waals surface area contributed by atoms with Crippen LogP contribution < -0.4 is 10.1 Å². The molecule has 1 saturated carbocycles. The van der Waals surface area contributed by atoms with Crippen molar-refractivity contribution in [2.75, 3.05) is 19.0 Å². The minimum atomic E-state index is -0.190. The summed E-state index contributed by atoms with van der Waals surface area (Å²) in [6, 6.07) is 7.17. The average Bonchev–Trinajstić information content (AvgIpc) is 2.53. The normalized spacial score (nSPS) is 18.1. The number of rotatable bonds is 5. The Labute approximate surface area is 123 Å². The maximum absolute atomic E-state index is 11.8. The molecule has 1 aromatic carbocycles. The van der Waals surface area contributed by atoms with Crippen molar-refractivity contribution in [3.8, 4) is 5.75 Å². The van der Waals surface area contributed by atoms with Crippen LogP contribution in [0.3, 0.4) is 0 Å². The van der Waals surface area contributed by atoms with Crippen molar-refractivity contribution in [3.05, 3.63) is 24.3 Å². The van der Waals surface area contributed by atoms with Gasteiger partial charge in [0.15, 0.2) is 0 Å². The number of amides is 1. The number of methoxy groups -OCH3 is 1. The molecule has 6 nitrogen and oxygen atoms in total. The Bertz CT molecular complexity index is 506. The fourth-order valence-electron chi connectivity index (χ4n) is 2.28. The van der Waals surface area contributed by atoms with Gasteiger partial charge in [-0.1, -0.05) is 11.2 Å². The zero-order chi connectivity index (χ0) is 15.1. The van der Waals surface area contributed by atoms with Crippen LogP contribution in [0.1, 0.15) is 25.7 Å². The lowest BCUT2D eigenvalue weighted by Crippen LogP contribution is -2.26. The van der Waals surface area contributed by atoms with Crippen molar-refractivity contribution >= 4 is 17.3 Å². The van der Waals surface area contributed by atoms with Crippen molar-refractivity contribution in [1.29, 1.82) is 0 Å². The highest BCUT2D eigenvalue weighted by Gasteiger charge is 2.19. The first-order chi connectivity index (χ1) is 10.2. The molecule has 2 N–H and O–H groups in total. The number of carbonyl (C=O) groups is 1. The van der Waals surface area contributed by atoms with Crippen LogP contribution in [0.25, 0.3) is 0 Å². The summed E-state index contributed by atoms with van der Waals surface area (Å²) in [5, 5.41) is 14.7. The van der Waals surface area contributed by atoms with Gasteiger partial charge in [0.05, 0.1) is 18.9 Å². The number of carbonyl (C=O) groups excluding carboxylic acids is 1. The van der Waals surface area contributed by atoms with Gasteiger partial charge in [-0.25, -0.2) is 0 Å². The van der Waals surface area contributed by atoms with Crippen molar-refractivity contribution in [2.24, 2.45) is 5.16 Å². The van der Waals surface area contributed by atoms with E-state index >= 15 is 0 Å². The van der Waals surface area contributed by atoms with Gasteiger partial charge in [-0.3, -0.25) is 4.79 Å². The zero-order valence-corrected chi connectivity index (χ0v) is 12.0. The van der Waals surface area contributed by atoms with Crippen LogP contribution >= 0.6 is 0 Å². The molecule has 1 amide bonds. The van der Waals surface area contributed by atoms with Gasteiger partial charge in [0, 0.05) is 11.8 Å². The summed E-state index contributed by atoms with van der Waals surface area (Å²) in [4.78, 5) is 11.8. The molecular formula is C15H20N2O4. The largest absolute Gasteiger partial charge is 0.497 e. The molecule has 6 heteroatoms. The fourth-order valence-corrected chi connectivity index (χ4v) is 2.28. The van der Waals surface area contributed by atoms with Crippen LogP contribution in [-0.4, -0.2) is 36.6 Å². The Morgan fingerprint density at radius 2 is 2.19 bits per heavy atom. The van der Waals surface area contributed by atoms with Crippen molar-refractivity contribution in [2.45, 2.75) is 31.8 Å². The number of nitrogens with one attached hydrogen (secondary N) is 1. The third kappa shape index (κ3) is 4.75. The molecule has 0 atom stereocenters. The number of anilines is 1. The number of nitrogens with zero attached hydrogens (tertiary/aromatic N) is 1. The van der Waals surface area contributed by atoms with E-state index in [0.29, 0.717) is 11.4 Å². The monoisotopic (exact) mass is 292 g/mol. The van der Waals surface area contributed by atoms with E-state index < -0.39 is 0 Å². The Kier molecular flexibility index (Phi) is 5.57. The number of oxime groups is 1. The summed E-state index contributed by atoms with van der Waals surface area (Å²) < 4.78 is 10.7. The van der Waals surface area contributed by atoms with Gasteiger partial charge in [0.25, 0.3) is 0 Å². The zero-order valence-electron chi connectivity index (χ0n) is 12.0. The van der Waals surface area contributed by atoms with Gasteiger partial charge < -0.3 is 20.0 Å². The molecule has 2 rings (SSSR count). The summed E-state index contributed by atoms with van der Waals surface area (Å²) >= 11 is 0. The van der Waals surface area contributed by atoms with Crippen LogP contribution in [0.5, 0.6) is 5.75 Å². The summed E-state index contributed by atoms with van der Waals surface area (Å²) in [6.45, 7) is 0.0213. The van der Waals surface area contributed by atoms with E-state index in [-0.39, 0.29) is 18.6 Å². The minimum absolute atomic E-state index is 0.0213. The molecule has 0 spiro atoms. The maximum atomic E-state index is 11.8. The second-order valence-corrected chi connectivity index (χ2v) is 4.96. The standard InChI is InChI=1S/C15H20N2O4/c1-20-14-4-2-3-12(9-14)16-15(18)10-21-13-7-5-11(17-19)6-8-13/h2-4,9,13,19H,5-8,10H2,1H3,(H,16,18). The molecule has 1 fully saturated rings. The molecular weight excluding hydrogens is 272 g/mol. The lowest BCUT2D eigenvalue weighted by atomic mass is 9.96. The van der Waals surface area contributed by atoms with Gasteiger partial charge in [0.2, 0.25) is 5.91 Å². The molecule has 1 aliphatic carbocycles. The van der Waals surface area contributed by atoms with E-state index in [2.05, 4.69) is 10.5 Å². The van der Waals surface area contributed by atoms with Crippen molar-refractivity contribution in [1.82, 2.24) is 0 Å². The SMILES string of the molecule is COc1cccc(NC(=O)COC2CCC(=NO)CC2)c1. The summed E-state index contributed by atoms with van der Waals surface area (Å²) in [5.41, 5.74) is 1.48. The first-order valence-corrected chi connectivity index (χ1v) is 6.96. The average molecular weight is 292 g/mol. The molecule has 0 radical (unpaired) electrons. The lowest BCUT2D eigenvalue weighted by molar-refractivity contribution is -0.122. The second-order valence-electron chi connectivity index (χ2n) is 4.96. The number of hydrogen-bond donors (Lipinski definition) is 2. The van der Waals surface area contributed by atoms with Crippen LogP contribution in [0.4, 0.5) is 5.69 Å². The molecule has 1 aliphatic rings. The molecule has 0 aromatic heterocycles. The highest BCUT2D eigenvalue weighted by Crippen LogP contribution is 2.19. The van der Waals surface area contributed by atoms with Crippen LogP contribution in [-0.2, 0) is 9.53 Å². The van der Waals surface area contributed by atoms with Crippen molar-refractivity contribution < 1.29 is 19.5 Å². The van der Waals surface area contributed by atoms with Gasteiger partial charge in [-0.2, -0.15) is 0 Å². The van der Waals surface area contributed by atoms with Gasteiger partial charge in [-0.15, -0.1) is 0 Å². The molecule has 0 saturated heterocycles. The van der Waals surface area contributed by atoms with Crippen LogP contribution in [0.2, 0.25) is 0 Å². The van der Waals surface area contributed by atoms with Crippen LogP contribution in [0, 0.1) is 0 Å². The Morgan fingerprint density at radius 3 is 2.86 bits per heavy atom. The molecule has 114 valence electrons. The Morgan fingerprint density at radius 1 is 1.43 bits per heavy atom. The molecule has 0 heterocycles. The fraction of sp³-hybridized carbons (Fsp3) is 0.467. The Hall–Kier alpha value is -2.08. The number of benzene rings is 1. The molecule has 0 unspecified atom stereocenters. The van der Waals surface area contributed by atoms with E-state index in [9.17, 15) is 4.79 Å². The molecule has 1 aromatic rings. The molecule has 0 aliphatic heterocycles. The first-order valence-electron chi connectivity index (χ1n) is 6.96. The van der Waals surface area contributed by atoms with E-state index in [1.165, 1.54) is 0 Å². The van der Waals surface area contributed by atoms with Gasteiger partial charge >= 0.3 is 0 Å². The highest BCUT2D eigenvalue weighted by atomic mass is 16.5. The Balaban J connectivity index is 1.75. The summed E-state index contributed by atoms with van der Waals surface area (Å²) in [6.07, 6.45) is 3.06. The lowest BCUT2D eigenvalue weighted by Gasteiger charge is -2.22. The highest BCUT2D eigenvalue weighted by molar-refractivity contribution is 5.91. The quantitative estimate of drug-likeness (QED) is 0.645. The van der Waals surface area contributed by atoms with Gasteiger partial charge in [-0.05, 0) is 37.8 Å². The topological polar surface area (TPSA) is 80.2 Å². The maximum Gasteiger partial charge on any atom is 0.250 e. The number of ether oxygens (including phenoxy) is 2. The molecule has 21 heavy (non-hydrogen) atoms. The smallest absolute Gasteiger partial charge is 0.250 e. The summed E-state index contributed by atoms with van der Waals surface area (Å²) in [5.74, 6) is 0.502. The predicted octanol–water partition coefficient (Wildman–Crippen LogP) is 2.42. The second kappa shape index (κ2) is 7.64. The number of hydrogen-bond acceptors (Lipinski definition) is 5. The third-order valence-corrected chi connectivity index (χ3v) is 3.45. The van der Waals surface area contributed by atoms with Crippen LogP contribution in [0.15, 0.2) is 29.4 Å². The minimum Gasteiger partial charge on any atom is -0.497 e. The molecule has 0 bridgehead atoms. The van der Waals surface area contributed by atoms with Crippen molar-refractivity contribution in [3.63, 3.8) is 0 Å². The first kappa shape index (κ1) is 15.3. The van der Waals surface area contributed by atoms with E-state index in [1.807, 2.05) is 12.1 Å². The third-order valence-electron chi connectivity index (χ3n) is 3.45. The van der Waals surface area contributed by atoms with E-state index in [4.69, 9.17) is 14.7 Å². The predicted molar refractivity (Wildman–Crippen MR) is 79.1 cm³/mol.